The van der Waals surface area contributed by atoms with Crippen LogP contribution in [0.15, 0.2) is 22.7 Å². The molecule has 3 nitrogen and oxygen atoms in total. The van der Waals surface area contributed by atoms with Crippen molar-refractivity contribution in [2.24, 2.45) is 5.73 Å². The van der Waals surface area contributed by atoms with E-state index in [9.17, 15) is 4.79 Å². The molecular weight excluding hydrogens is 269 g/mol. The third-order valence-corrected chi connectivity index (χ3v) is 2.59. The van der Waals surface area contributed by atoms with Crippen molar-refractivity contribution >= 4 is 33.5 Å². The minimum Gasteiger partial charge on any atom is -0.481 e. The van der Waals surface area contributed by atoms with E-state index in [1.807, 2.05) is 0 Å². The molecule has 0 radical (unpaired) electrons. The topological polar surface area (TPSA) is 63.3 Å². The first-order chi connectivity index (χ1) is 6.50. The summed E-state index contributed by atoms with van der Waals surface area (Å²) in [6.07, 6.45) is -0.129. The Morgan fingerprint density at radius 3 is 2.86 bits per heavy atom. The lowest BCUT2D eigenvalue weighted by Gasteiger charge is -2.11. The van der Waals surface area contributed by atoms with Gasteiger partial charge < -0.3 is 10.8 Å². The summed E-state index contributed by atoms with van der Waals surface area (Å²) < 4.78 is 0.831. The highest BCUT2D eigenvalue weighted by Crippen LogP contribution is 2.26. The van der Waals surface area contributed by atoms with Gasteiger partial charge in [-0.1, -0.05) is 27.5 Å². The number of rotatable bonds is 3. The van der Waals surface area contributed by atoms with Crippen LogP contribution in [0.1, 0.15) is 18.0 Å². The maximum Gasteiger partial charge on any atom is 0.305 e. The largest absolute Gasteiger partial charge is 0.481 e. The Hall–Kier alpha value is -0.580. The molecule has 0 bridgehead atoms. The molecule has 0 aliphatic carbocycles. The van der Waals surface area contributed by atoms with Gasteiger partial charge in [-0.05, 0) is 23.8 Å². The van der Waals surface area contributed by atoms with Gasteiger partial charge in [-0.2, -0.15) is 0 Å². The van der Waals surface area contributed by atoms with Crippen LogP contribution in [0.3, 0.4) is 0 Å². The zero-order chi connectivity index (χ0) is 10.7. The second-order valence-corrected chi connectivity index (χ2v) is 4.19. The molecule has 76 valence electrons. The van der Waals surface area contributed by atoms with Crippen molar-refractivity contribution in [3.8, 4) is 0 Å². The fourth-order valence-electron chi connectivity index (χ4n) is 1.10. The van der Waals surface area contributed by atoms with Gasteiger partial charge in [0.05, 0.1) is 6.42 Å². The van der Waals surface area contributed by atoms with Crippen LogP contribution in [0.5, 0.6) is 0 Å². The maximum absolute atomic E-state index is 10.4. The fraction of sp³-hybridized carbons (Fsp3) is 0.222. The lowest BCUT2D eigenvalue weighted by Crippen LogP contribution is -2.15. The molecule has 14 heavy (non-hydrogen) atoms. The Morgan fingerprint density at radius 2 is 2.29 bits per heavy atom. The van der Waals surface area contributed by atoms with Gasteiger partial charge in [0.1, 0.15) is 0 Å². The zero-order valence-corrected chi connectivity index (χ0v) is 9.55. The fourth-order valence-corrected chi connectivity index (χ4v) is 1.73. The van der Waals surface area contributed by atoms with Gasteiger partial charge in [0.25, 0.3) is 0 Å². The van der Waals surface area contributed by atoms with Crippen molar-refractivity contribution in [1.29, 1.82) is 0 Å². The minimum atomic E-state index is -0.937. The summed E-state index contributed by atoms with van der Waals surface area (Å²) in [5, 5.41) is 9.06. The number of carboxylic acids is 1. The molecule has 1 rings (SSSR count). The van der Waals surface area contributed by atoms with E-state index in [4.69, 9.17) is 22.4 Å². The number of nitrogens with two attached hydrogens (primary N) is 1. The predicted octanol–water partition coefficient (Wildman–Crippen LogP) is 2.58. The monoisotopic (exact) mass is 277 g/mol. The number of halogens is 2. The molecule has 0 aromatic heterocycles. The average molecular weight is 279 g/mol. The molecule has 0 fully saturated rings. The third kappa shape index (κ3) is 2.97. The van der Waals surface area contributed by atoms with Crippen LogP contribution in [0.25, 0.3) is 0 Å². The maximum atomic E-state index is 10.4. The first-order valence-electron chi connectivity index (χ1n) is 3.93. The molecule has 1 atom stereocenters. The molecule has 3 N–H and O–H groups in total. The van der Waals surface area contributed by atoms with Gasteiger partial charge in [0, 0.05) is 15.5 Å². The van der Waals surface area contributed by atoms with Crippen molar-refractivity contribution in [2.45, 2.75) is 12.5 Å². The molecule has 1 unspecified atom stereocenters. The van der Waals surface area contributed by atoms with Gasteiger partial charge in [-0.3, -0.25) is 4.79 Å². The Bertz CT molecular complexity index is 357. The summed E-state index contributed by atoms with van der Waals surface area (Å²) in [5.41, 5.74) is 6.32. The van der Waals surface area contributed by atoms with Gasteiger partial charge >= 0.3 is 5.97 Å². The van der Waals surface area contributed by atoms with Gasteiger partial charge in [0.15, 0.2) is 0 Å². The summed E-state index contributed by atoms with van der Waals surface area (Å²) in [7, 11) is 0. The third-order valence-electron chi connectivity index (χ3n) is 1.75. The molecular formula is C9H9BrClNO2. The smallest absolute Gasteiger partial charge is 0.305 e. The van der Waals surface area contributed by atoms with E-state index in [2.05, 4.69) is 15.9 Å². The Labute approximate surface area is 95.0 Å². The van der Waals surface area contributed by atoms with E-state index >= 15 is 0 Å². The lowest BCUT2D eigenvalue weighted by atomic mass is 10.1. The van der Waals surface area contributed by atoms with E-state index < -0.39 is 12.0 Å². The highest BCUT2D eigenvalue weighted by Gasteiger charge is 2.13. The first-order valence-corrected chi connectivity index (χ1v) is 5.10. The summed E-state index contributed by atoms with van der Waals surface area (Å²) in [5.74, 6) is -0.937. The molecule has 0 amide bonds. The molecule has 5 heteroatoms. The lowest BCUT2D eigenvalue weighted by molar-refractivity contribution is -0.137. The molecule has 0 saturated heterocycles. The quantitative estimate of drug-likeness (QED) is 0.893. The zero-order valence-electron chi connectivity index (χ0n) is 7.21. The molecule has 0 aliphatic rings. The number of benzene rings is 1. The Morgan fingerprint density at radius 1 is 1.64 bits per heavy atom. The van der Waals surface area contributed by atoms with Gasteiger partial charge in [-0.25, -0.2) is 0 Å². The highest BCUT2D eigenvalue weighted by molar-refractivity contribution is 9.10. The van der Waals surface area contributed by atoms with E-state index in [-0.39, 0.29) is 6.42 Å². The summed E-state index contributed by atoms with van der Waals surface area (Å²) in [6.45, 7) is 0. The normalized spacial score (nSPS) is 12.5. The van der Waals surface area contributed by atoms with E-state index in [0.717, 1.165) is 4.47 Å². The van der Waals surface area contributed by atoms with Crippen molar-refractivity contribution < 1.29 is 9.90 Å². The van der Waals surface area contributed by atoms with Crippen molar-refractivity contribution in [3.63, 3.8) is 0 Å². The number of carboxylic acid groups (broad SMARTS) is 1. The average Bonchev–Trinajstić information content (AvgIpc) is 2.08. The number of aliphatic carboxylic acids is 1. The number of hydrogen-bond acceptors (Lipinski definition) is 2. The van der Waals surface area contributed by atoms with E-state index in [1.54, 1.807) is 18.2 Å². The first kappa shape index (κ1) is 11.5. The van der Waals surface area contributed by atoms with E-state index in [1.165, 1.54) is 0 Å². The van der Waals surface area contributed by atoms with Crippen LogP contribution in [-0.2, 0) is 4.79 Å². The second kappa shape index (κ2) is 4.77. The SMILES string of the molecule is NC(CC(=O)O)c1cc(Br)ccc1Cl. The van der Waals surface area contributed by atoms with Crippen LogP contribution in [0, 0.1) is 0 Å². The van der Waals surface area contributed by atoms with Crippen molar-refractivity contribution in [2.75, 3.05) is 0 Å². The van der Waals surface area contributed by atoms with Crippen molar-refractivity contribution in [3.05, 3.63) is 33.3 Å². The molecule has 0 heterocycles. The van der Waals surface area contributed by atoms with Gasteiger partial charge in [-0.15, -0.1) is 0 Å². The van der Waals surface area contributed by atoms with Crippen LogP contribution >= 0.6 is 27.5 Å². The summed E-state index contributed by atoms with van der Waals surface area (Å²) >= 11 is 9.15. The van der Waals surface area contributed by atoms with Crippen LogP contribution in [0.2, 0.25) is 5.02 Å². The van der Waals surface area contributed by atoms with Crippen LogP contribution in [-0.4, -0.2) is 11.1 Å². The summed E-state index contributed by atoms with van der Waals surface area (Å²) in [6, 6.07) is 4.62. The molecule has 1 aromatic rings. The molecule has 0 spiro atoms. The Kier molecular flexibility index (Phi) is 3.92. The molecule has 0 aliphatic heterocycles. The van der Waals surface area contributed by atoms with Crippen molar-refractivity contribution in [1.82, 2.24) is 0 Å². The van der Waals surface area contributed by atoms with Crippen LogP contribution < -0.4 is 5.73 Å². The van der Waals surface area contributed by atoms with Crippen LogP contribution in [0.4, 0.5) is 0 Å². The molecule has 0 saturated carbocycles. The second-order valence-electron chi connectivity index (χ2n) is 2.87. The van der Waals surface area contributed by atoms with E-state index in [0.29, 0.717) is 10.6 Å². The number of carbonyl (C=O) groups is 1. The van der Waals surface area contributed by atoms with Gasteiger partial charge in [0.2, 0.25) is 0 Å². The molecule has 1 aromatic carbocycles. The predicted molar refractivity (Wildman–Crippen MR) is 58.3 cm³/mol. The highest BCUT2D eigenvalue weighted by atomic mass is 79.9. The standard InChI is InChI=1S/C9H9BrClNO2/c10-5-1-2-7(11)6(3-5)8(12)4-9(13)14/h1-3,8H,4,12H2,(H,13,14). The number of hydrogen-bond donors (Lipinski definition) is 2. The summed E-state index contributed by atoms with van der Waals surface area (Å²) in [4.78, 5) is 10.4. The Balaban J connectivity index is 2.93. The minimum absolute atomic E-state index is 0.129.